The molecule has 5 heteroatoms. The number of halogens is 4. The van der Waals surface area contributed by atoms with Crippen molar-refractivity contribution in [1.82, 2.24) is 5.32 Å². The first-order valence-corrected chi connectivity index (χ1v) is 7.15. The lowest BCUT2D eigenvalue weighted by Gasteiger charge is -2.20. The zero-order valence-electron chi connectivity index (χ0n) is 10.1. The molecule has 1 nitrogen and oxygen atoms in total. The minimum absolute atomic E-state index is 0.270. The van der Waals surface area contributed by atoms with Gasteiger partial charge in [-0.1, -0.05) is 39.1 Å². The molecule has 0 spiro atoms. The van der Waals surface area contributed by atoms with E-state index >= 15 is 0 Å². The topological polar surface area (TPSA) is 12.0 Å². The second kappa shape index (κ2) is 6.23. The Labute approximate surface area is 129 Å². The van der Waals surface area contributed by atoms with Gasteiger partial charge in [0.05, 0.1) is 6.04 Å². The Balaban J connectivity index is 2.55. The van der Waals surface area contributed by atoms with Gasteiger partial charge in [0.1, 0.15) is 5.82 Å². The molecule has 1 atom stereocenters. The van der Waals surface area contributed by atoms with E-state index < -0.39 is 0 Å². The van der Waals surface area contributed by atoms with Crippen molar-refractivity contribution in [1.29, 1.82) is 0 Å². The third kappa shape index (κ3) is 3.29. The van der Waals surface area contributed by atoms with E-state index in [-0.39, 0.29) is 11.9 Å². The van der Waals surface area contributed by atoms with Gasteiger partial charge in [0.15, 0.2) is 0 Å². The van der Waals surface area contributed by atoms with E-state index in [0.29, 0.717) is 15.6 Å². The van der Waals surface area contributed by atoms with E-state index in [1.807, 2.05) is 12.1 Å². The normalized spacial score (nSPS) is 12.5. The molecule has 0 fully saturated rings. The Morgan fingerprint density at radius 2 is 1.63 bits per heavy atom. The highest BCUT2D eigenvalue weighted by Gasteiger charge is 2.18. The molecule has 0 aliphatic heterocycles. The molecule has 0 heterocycles. The number of nitrogens with one attached hydrogen (secondary N) is 1. The summed E-state index contributed by atoms with van der Waals surface area (Å²) in [4.78, 5) is 0. The van der Waals surface area contributed by atoms with Gasteiger partial charge in [-0.05, 0) is 54.6 Å². The Bertz CT molecular complexity index is 552. The van der Waals surface area contributed by atoms with Crippen LogP contribution in [-0.4, -0.2) is 7.05 Å². The molecule has 0 saturated heterocycles. The molecule has 0 aliphatic rings. The molecule has 19 heavy (non-hydrogen) atoms. The van der Waals surface area contributed by atoms with Crippen LogP contribution in [0.1, 0.15) is 17.2 Å². The zero-order valence-corrected chi connectivity index (χ0v) is 13.2. The molecule has 0 bridgehead atoms. The van der Waals surface area contributed by atoms with Crippen LogP contribution in [0.2, 0.25) is 10.0 Å². The molecule has 0 aromatic heterocycles. The van der Waals surface area contributed by atoms with Crippen LogP contribution in [0.5, 0.6) is 0 Å². The lowest BCUT2D eigenvalue weighted by Crippen LogP contribution is -2.18. The summed E-state index contributed by atoms with van der Waals surface area (Å²) in [6.45, 7) is 0. The van der Waals surface area contributed by atoms with E-state index in [1.165, 1.54) is 12.1 Å². The van der Waals surface area contributed by atoms with Gasteiger partial charge in [-0.15, -0.1) is 0 Å². The van der Waals surface area contributed by atoms with Gasteiger partial charge in [0, 0.05) is 14.5 Å². The molecular formula is C14H11BrCl2FN. The van der Waals surface area contributed by atoms with E-state index in [2.05, 4.69) is 21.2 Å². The Kier molecular flexibility index (Phi) is 4.85. The van der Waals surface area contributed by atoms with Crippen molar-refractivity contribution in [2.24, 2.45) is 0 Å². The molecule has 0 saturated carbocycles. The van der Waals surface area contributed by atoms with Gasteiger partial charge in [0.25, 0.3) is 0 Å². The predicted octanol–water partition coefficient (Wildman–Crippen LogP) is 5.20. The predicted molar refractivity (Wildman–Crippen MR) is 81.5 cm³/mol. The number of hydrogen-bond acceptors (Lipinski definition) is 1. The van der Waals surface area contributed by atoms with Crippen molar-refractivity contribution in [3.8, 4) is 0 Å². The van der Waals surface area contributed by atoms with Crippen molar-refractivity contribution in [2.45, 2.75) is 6.04 Å². The fourth-order valence-corrected chi connectivity index (χ4v) is 2.78. The Hall–Kier alpha value is -0.610. The van der Waals surface area contributed by atoms with Crippen LogP contribution in [0.25, 0.3) is 0 Å². The number of hydrogen-bond donors (Lipinski definition) is 1. The average molecular weight is 363 g/mol. The first-order chi connectivity index (χ1) is 9.02. The van der Waals surface area contributed by atoms with Crippen LogP contribution < -0.4 is 5.32 Å². The van der Waals surface area contributed by atoms with Crippen LogP contribution in [0.4, 0.5) is 4.39 Å². The minimum atomic E-state index is -0.328. The lowest BCUT2D eigenvalue weighted by molar-refractivity contribution is 0.617. The van der Waals surface area contributed by atoms with E-state index in [4.69, 9.17) is 23.2 Å². The maximum absolute atomic E-state index is 13.4. The minimum Gasteiger partial charge on any atom is -0.309 e. The number of rotatable bonds is 3. The molecule has 2 aromatic rings. The third-order valence-electron chi connectivity index (χ3n) is 2.83. The summed E-state index contributed by atoms with van der Waals surface area (Å²) in [7, 11) is 1.78. The molecule has 1 unspecified atom stereocenters. The molecule has 0 amide bonds. The van der Waals surface area contributed by atoms with Crippen molar-refractivity contribution < 1.29 is 4.39 Å². The first-order valence-electron chi connectivity index (χ1n) is 5.60. The van der Waals surface area contributed by atoms with Crippen LogP contribution in [0.15, 0.2) is 40.9 Å². The second-order valence-electron chi connectivity index (χ2n) is 4.05. The quantitative estimate of drug-likeness (QED) is 0.790. The summed E-state index contributed by atoms with van der Waals surface area (Å²) in [5.74, 6) is -0.328. The largest absolute Gasteiger partial charge is 0.309 e. The second-order valence-corrected chi connectivity index (χ2v) is 5.78. The van der Waals surface area contributed by atoms with Gasteiger partial charge in [-0.25, -0.2) is 4.39 Å². The Morgan fingerprint density at radius 3 is 2.26 bits per heavy atom. The summed E-state index contributed by atoms with van der Waals surface area (Å²) < 4.78 is 14.3. The molecule has 1 N–H and O–H groups in total. The highest BCUT2D eigenvalue weighted by atomic mass is 79.9. The van der Waals surface area contributed by atoms with Gasteiger partial charge < -0.3 is 5.32 Å². The summed E-state index contributed by atoms with van der Waals surface area (Å²) in [5, 5.41) is 4.21. The fourth-order valence-electron chi connectivity index (χ4n) is 1.95. The third-order valence-corrected chi connectivity index (χ3v) is 4.01. The van der Waals surface area contributed by atoms with Gasteiger partial charge in [0.2, 0.25) is 0 Å². The molecule has 0 radical (unpaired) electrons. The summed E-state index contributed by atoms with van der Waals surface area (Å²) in [6.07, 6.45) is 0. The van der Waals surface area contributed by atoms with Crippen LogP contribution in [0, 0.1) is 5.82 Å². The fraction of sp³-hybridized carbons (Fsp3) is 0.143. The summed E-state index contributed by atoms with van der Waals surface area (Å²) in [6, 6.07) is 9.56. The van der Waals surface area contributed by atoms with Crippen LogP contribution >= 0.6 is 39.1 Å². The van der Waals surface area contributed by atoms with Crippen molar-refractivity contribution in [3.63, 3.8) is 0 Å². The van der Waals surface area contributed by atoms with E-state index in [9.17, 15) is 4.39 Å². The van der Waals surface area contributed by atoms with Crippen molar-refractivity contribution in [3.05, 3.63) is 67.9 Å². The van der Waals surface area contributed by atoms with Gasteiger partial charge in [-0.2, -0.15) is 0 Å². The highest BCUT2D eigenvalue weighted by Crippen LogP contribution is 2.34. The Morgan fingerprint density at radius 1 is 1.05 bits per heavy atom. The maximum atomic E-state index is 13.4. The monoisotopic (exact) mass is 361 g/mol. The van der Waals surface area contributed by atoms with Crippen molar-refractivity contribution >= 4 is 39.1 Å². The van der Waals surface area contributed by atoms with Gasteiger partial charge in [-0.3, -0.25) is 0 Å². The standard InChI is InChI=1S/C14H11BrCl2FN/c1-19-14(10-6-8(15)2-4-12(10)16)11-7-9(18)3-5-13(11)17/h2-7,14,19H,1H3. The molecule has 2 aromatic carbocycles. The highest BCUT2D eigenvalue weighted by molar-refractivity contribution is 9.10. The molecule has 0 aliphatic carbocycles. The van der Waals surface area contributed by atoms with E-state index in [1.54, 1.807) is 19.2 Å². The summed E-state index contributed by atoms with van der Waals surface area (Å²) >= 11 is 15.8. The SMILES string of the molecule is CNC(c1cc(F)ccc1Cl)c1cc(Br)ccc1Cl. The average Bonchev–Trinajstić information content (AvgIpc) is 2.38. The van der Waals surface area contributed by atoms with Crippen LogP contribution in [-0.2, 0) is 0 Å². The first kappa shape index (κ1) is 14.8. The lowest BCUT2D eigenvalue weighted by atomic mass is 9.98. The van der Waals surface area contributed by atoms with Crippen molar-refractivity contribution in [2.75, 3.05) is 7.05 Å². The van der Waals surface area contributed by atoms with Crippen LogP contribution in [0.3, 0.4) is 0 Å². The molecular weight excluding hydrogens is 352 g/mol. The molecule has 2 rings (SSSR count). The summed E-state index contributed by atoms with van der Waals surface area (Å²) in [5.41, 5.74) is 1.50. The van der Waals surface area contributed by atoms with E-state index in [0.717, 1.165) is 10.0 Å². The smallest absolute Gasteiger partial charge is 0.123 e. The maximum Gasteiger partial charge on any atom is 0.123 e. The van der Waals surface area contributed by atoms with Gasteiger partial charge >= 0.3 is 0 Å². The molecule has 100 valence electrons. The zero-order chi connectivity index (χ0) is 14.0. The number of benzene rings is 2.